The number of aromatic nitrogens is 1. The van der Waals surface area contributed by atoms with Crippen LogP contribution in [-0.2, 0) is 4.79 Å². The van der Waals surface area contributed by atoms with Gasteiger partial charge in [-0.15, -0.1) is 0 Å². The fourth-order valence-electron chi connectivity index (χ4n) is 3.08. The zero-order chi connectivity index (χ0) is 15.1. The van der Waals surface area contributed by atoms with Gasteiger partial charge in [0.05, 0.1) is 18.1 Å². The van der Waals surface area contributed by atoms with E-state index in [-0.39, 0.29) is 11.8 Å². The van der Waals surface area contributed by atoms with Gasteiger partial charge in [0.1, 0.15) is 5.75 Å². The molecule has 0 amide bonds. The summed E-state index contributed by atoms with van der Waals surface area (Å²) in [6.07, 6.45) is -0.523. The number of benzene rings is 1. The maximum Gasteiger partial charge on any atom is 0.310 e. The largest absolute Gasteiger partial charge is 0.507 e. The SMILES string of the molecule is CN1CC(C(=O)O)C(O)CC1c1cc2c(O)cccc2[nH]1. The minimum atomic E-state index is -0.970. The number of rotatable bonds is 2. The predicted octanol–water partition coefficient (Wildman–Crippen LogP) is 1.31. The number of carbonyl (C=O) groups is 1. The molecule has 1 aliphatic rings. The Kier molecular flexibility index (Phi) is 3.35. The summed E-state index contributed by atoms with van der Waals surface area (Å²) in [6.45, 7) is 0.294. The van der Waals surface area contributed by atoms with Gasteiger partial charge in [-0.1, -0.05) is 6.07 Å². The van der Waals surface area contributed by atoms with E-state index in [2.05, 4.69) is 4.98 Å². The predicted molar refractivity (Wildman–Crippen MR) is 77.1 cm³/mol. The van der Waals surface area contributed by atoms with Crippen molar-refractivity contribution in [3.8, 4) is 5.75 Å². The van der Waals surface area contributed by atoms with Gasteiger partial charge in [0.15, 0.2) is 0 Å². The highest BCUT2D eigenvalue weighted by Gasteiger charge is 2.38. The molecule has 2 aromatic rings. The van der Waals surface area contributed by atoms with Gasteiger partial charge in [-0.2, -0.15) is 0 Å². The molecule has 1 aromatic heterocycles. The van der Waals surface area contributed by atoms with E-state index in [1.165, 1.54) is 0 Å². The first-order valence-corrected chi connectivity index (χ1v) is 6.89. The third-order valence-electron chi connectivity index (χ3n) is 4.28. The molecule has 2 heterocycles. The monoisotopic (exact) mass is 290 g/mol. The van der Waals surface area contributed by atoms with Crippen LogP contribution in [0.15, 0.2) is 24.3 Å². The molecule has 0 aliphatic carbocycles. The van der Waals surface area contributed by atoms with E-state index in [0.29, 0.717) is 13.0 Å². The lowest BCUT2D eigenvalue weighted by atomic mass is 9.89. The van der Waals surface area contributed by atoms with Gasteiger partial charge in [0.2, 0.25) is 0 Å². The molecule has 3 rings (SSSR count). The van der Waals surface area contributed by atoms with Crippen molar-refractivity contribution in [2.24, 2.45) is 5.92 Å². The molecule has 112 valence electrons. The third kappa shape index (κ3) is 2.36. The van der Waals surface area contributed by atoms with Crippen molar-refractivity contribution in [3.05, 3.63) is 30.0 Å². The van der Waals surface area contributed by atoms with Gasteiger partial charge in [-0.05, 0) is 31.7 Å². The Morgan fingerprint density at radius 1 is 1.43 bits per heavy atom. The second-order valence-electron chi connectivity index (χ2n) is 5.67. The molecule has 0 saturated carbocycles. The van der Waals surface area contributed by atoms with Crippen LogP contribution in [0.25, 0.3) is 10.9 Å². The maximum atomic E-state index is 11.1. The first-order valence-electron chi connectivity index (χ1n) is 6.89. The standard InChI is InChI=1S/C15H18N2O4/c1-17-7-9(15(20)21)14(19)6-12(17)11-5-8-10(16-11)3-2-4-13(8)18/h2-5,9,12,14,16,18-19H,6-7H2,1H3,(H,20,21). The Bertz CT molecular complexity index is 681. The van der Waals surface area contributed by atoms with E-state index in [4.69, 9.17) is 5.11 Å². The number of aromatic amines is 1. The van der Waals surface area contributed by atoms with Crippen molar-refractivity contribution >= 4 is 16.9 Å². The molecule has 21 heavy (non-hydrogen) atoms. The molecule has 4 N–H and O–H groups in total. The molecule has 6 heteroatoms. The zero-order valence-electron chi connectivity index (χ0n) is 11.7. The maximum absolute atomic E-state index is 11.1. The second kappa shape index (κ2) is 5.05. The number of phenols is 1. The number of carboxylic acids is 1. The summed E-state index contributed by atoms with van der Waals surface area (Å²) in [5.74, 6) is -1.52. The highest BCUT2D eigenvalue weighted by molar-refractivity contribution is 5.86. The number of aliphatic carboxylic acids is 1. The van der Waals surface area contributed by atoms with Gasteiger partial charge in [0.25, 0.3) is 0 Å². The van der Waals surface area contributed by atoms with Gasteiger partial charge in [0, 0.05) is 23.1 Å². The van der Waals surface area contributed by atoms with Crippen molar-refractivity contribution in [3.63, 3.8) is 0 Å². The number of likely N-dealkylation sites (tertiary alicyclic amines) is 1. The number of phenolic OH excluding ortho intramolecular Hbond substituents is 1. The highest BCUT2D eigenvalue weighted by atomic mass is 16.4. The summed E-state index contributed by atoms with van der Waals surface area (Å²) < 4.78 is 0. The highest BCUT2D eigenvalue weighted by Crippen LogP contribution is 2.35. The van der Waals surface area contributed by atoms with E-state index < -0.39 is 18.0 Å². The molecule has 0 bridgehead atoms. The summed E-state index contributed by atoms with van der Waals surface area (Å²) in [4.78, 5) is 16.3. The summed E-state index contributed by atoms with van der Waals surface area (Å²) in [6, 6.07) is 7.03. The number of hydrogen-bond acceptors (Lipinski definition) is 4. The van der Waals surface area contributed by atoms with E-state index >= 15 is 0 Å². The number of hydrogen-bond donors (Lipinski definition) is 4. The molecule has 3 atom stereocenters. The van der Waals surface area contributed by atoms with Crippen LogP contribution >= 0.6 is 0 Å². The van der Waals surface area contributed by atoms with E-state index in [9.17, 15) is 15.0 Å². The van der Waals surface area contributed by atoms with Crippen LogP contribution in [0.4, 0.5) is 0 Å². The number of fused-ring (bicyclic) bond motifs is 1. The first-order chi connectivity index (χ1) is 9.97. The number of H-pyrrole nitrogens is 1. The Morgan fingerprint density at radius 3 is 2.86 bits per heavy atom. The Labute approximate surface area is 121 Å². The molecule has 3 unspecified atom stereocenters. The van der Waals surface area contributed by atoms with Crippen LogP contribution in [0.5, 0.6) is 5.75 Å². The number of nitrogens with zero attached hydrogens (tertiary/aromatic N) is 1. The summed E-state index contributed by atoms with van der Waals surface area (Å²) in [7, 11) is 1.85. The smallest absolute Gasteiger partial charge is 0.310 e. The average Bonchev–Trinajstić information content (AvgIpc) is 2.86. The fourth-order valence-corrected chi connectivity index (χ4v) is 3.08. The molecular weight excluding hydrogens is 272 g/mol. The van der Waals surface area contributed by atoms with Crippen molar-refractivity contribution in [2.45, 2.75) is 18.6 Å². The van der Waals surface area contributed by atoms with Gasteiger partial charge < -0.3 is 20.3 Å². The van der Waals surface area contributed by atoms with E-state index in [1.807, 2.05) is 24.1 Å². The summed E-state index contributed by atoms with van der Waals surface area (Å²) in [5, 5.41) is 29.7. The van der Waals surface area contributed by atoms with Crippen LogP contribution in [0.3, 0.4) is 0 Å². The molecule has 6 nitrogen and oxygen atoms in total. The molecule has 0 spiro atoms. The van der Waals surface area contributed by atoms with Crippen LogP contribution in [0.1, 0.15) is 18.2 Å². The van der Waals surface area contributed by atoms with Crippen LogP contribution in [-0.4, -0.2) is 50.9 Å². The number of nitrogens with one attached hydrogen (secondary N) is 1. The molecule has 1 aromatic carbocycles. The number of aromatic hydroxyl groups is 1. The molecule has 1 fully saturated rings. The number of piperidine rings is 1. The van der Waals surface area contributed by atoms with Crippen molar-refractivity contribution < 1.29 is 20.1 Å². The third-order valence-corrected chi connectivity index (χ3v) is 4.28. The molecule has 1 aliphatic heterocycles. The first kappa shape index (κ1) is 13.9. The lowest BCUT2D eigenvalue weighted by Crippen LogP contribution is -2.46. The quantitative estimate of drug-likeness (QED) is 0.669. The zero-order valence-corrected chi connectivity index (χ0v) is 11.7. The van der Waals surface area contributed by atoms with E-state index in [0.717, 1.165) is 16.6 Å². The van der Waals surface area contributed by atoms with Crippen molar-refractivity contribution in [2.75, 3.05) is 13.6 Å². The minimum absolute atomic E-state index is 0.0950. The normalized spacial score (nSPS) is 27.0. The number of carboxylic acid groups (broad SMARTS) is 1. The molecule has 0 radical (unpaired) electrons. The van der Waals surface area contributed by atoms with Crippen LogP contribution in [0, 0.1) is 5.92 Å². The fraction of sp³-hybridized carbons (Fsp3) is 0.400. The number of aliphatic hydroxyl groups is 1. The van der Waals surface area contributed by atoms with E-state index in [1.54, 1.807) is 12.1 Å². The van der Waals surface area contributed by atoms with Crippen LogP contribution in [0.2, 0.25) is 0 Å². The van der Waals surface area contributed by atoms with Gasteiger partial charge in [-0.3, -0.25) is 9.69 Å². The second-order valence-corrected chi connectivity index (χ2v) is 5.67. The lowest BCUT2D eigenvalue weighted by Gasteiger charge is -2.38. The Hall–Kier alpha value is -2.05. The van der Waals surface area contributed by atoms with Gasteiger partial charge >= 0.3 is 5.97 Å². The molecular formula is C15H18N2O4. The van der Waals surface area contributed by atoms with Gasteiger partial charge in [-0.25, -0.2) is 0 Å². The molecule has 1 saturated heterocycles. The Balaban J connectivity index is 1.92. The van der Waals surface area contributed by atoms with Crippen molar-refractivity contribution in [1.29, 1.82) is 0 Å². The number of aliphatic hydroxyl groups excluding tert-OH is 1. The Morgan fingerprint density at radius 2 is 2.19 bits per heavy atom. The summed E-state index contributed by atoms with van der Waals surface area (Å²) >= 11 is 0. The minimum Gasteiger partial charge on any atom is -0.507 e. The summed E-state index contributed by atoms with van der Waals surface area (Å²) in [5.41, 5.74) is 1.70. The van der Waals surface area contributed by atoms with Crippen LogP contribution < -0.4 is 0 Å². The average molecular weight is 290 g/mol. The van der Waals surface area contributed by atoms with Crippen molar-refractivity contribution in [1.82, 2.24) is 9.88 Å². The lowest BCUT2D eigenvalue weighted by molar-refractivity contribution is -0.150. The topological polar surface area (TPSA) is 96.8 Å².